The van der Waals surface area contributed by atoms with E-state index in [0.29, 0.717) is 6.04 Å². The predicted molar refractivity (Wildman–Crippen MR) is 67.8 cm³/mol. The van der Waals surface area contributed by atoms with Crippen molar-refractivity contribution in [3.05, 3.63) is 29.0 Å². The fraction of sp³-hybridized carbons (Fsp3) is 0.615. The lowest BCUT2D eigenvalue weighted by Crippen LogP contribution is -2.41. The molecule has 1 saturated carbocycles. The molecule has 1 unspecified atom stereocenters. The molecule has 1 aliphatic rings. The average Bonchev–Trinajstić information content (AvgIpc) is 2.19. The third kappa shape index (κ3) is 2.74. The monoisotopic (exact) mass is 238 g/mol. The maximum atomic E-state index is 6.14. The highest BCUT2D eigenvalue weighted by atomic mass is 35.5. The largest absolute Gasteiger partial charge is 0.314 e. The molecule has 0 radical (unpaired) electrons. The van der Waals surface area contributed by atoms with Gasteiger partial charge in [-0.05, 0) is 43.4 Å². The molecule has 1 aromatic rings. The van der Waals surface area contributed by atoms with Crippen molar-refractivity contribution in [2.75, 3.05) is 6.54 Å². The normalized spacial score (nSPS) is 18.1. The molecule has 0 saturated heterocycles. The molecule has 1 N–H and O–H groups in total. The third-order valence-electron chi connectivity index (χ3n) is 3.48. The zero-order chi connectivity index (χ0) is 11.4. The minimum absolute atomic E-state index is 0.582. The highest BCUT2D eigenvalue weighted by molar-refractivity contribution is 6.31. The van der Waals surface area contributed by atoms with E-state index in [4.69, 9.17) is 11.6 Å². The fourth-order valence-corrected chi connectivity index (χ4v) is 2.51. The summed E-state index contributed by atoms with van der Waals surface area (Å²) < 4.78 is 0. The molecular formula is C13H19ClN2. The van der Waals surface area contributed by atoms with E-state index in [1.807, 2.05) is 12.3 Å². The number of aromatic nitrogens is 1. The first kappa shape index (κ1) is 11.9. The van der Waals surface area contributed by atoms with Crippen molar-refractivity contribution < 1.29 is 0 Å². The second-order valence-corrected chi connectivity index (χ2v) is 4.93. The van der Waals surface area contributed by atoms with Crippen molar-refractivity contribution >= 4 is 11.6 Å². The van der Waals surface area contributed by atoms with Gasteiger partial charge in [0.1, 0.15) is 0 Å². The Morgan fingerprint density at radius 1 is 1.56 bits per heavy atom. The Labute approximate surface area is 102 Å². The molecule has 1 fully saturated rings. The van der Waals surface area contributed by atoms with E-state index in [1.165, 1.54) is 24.8 Å². The van der Waals surface area contributed by atoms with E-state index >= 15 is 0 Å². The number of rotatable bonds is 5. The van der Waals surface area contributed by atoms with Crippen molar-refractivity contribution in [3.63, 3.8) is 0 Å². The van der Waals surface area contributed by atoms with Crippen molar-refractivity contribution in [2.24, 2.45) is 5.92 Å². The van der Waals surface area contributed by atoms with Crippen LogP contribution in [0.1, 0.15) is 31.7 Å². The first-order valence-electron chi connectivity index (χ1n) is 6.13. The van der Waals surface area contributed by atoms with Crippen LogP contribution in [0.15, 0.2) is 18.5 Å². The Morgan fingerprint density at radius 2 is 2.38 bits per heavy atom. The van der Waals surface area contributed by atoms with Crippen molar-refractivity contribution in [2.45, 2.75) is 38.6 Å². The summed E-state index contributed by atoms with van der Waals surface area (Å²) in [7, 11) is 0. The van der Waals surface area contributed by atoms with Crippen LogP contribution in [0.5, 0.6) is 0 Å². The summed E-state index contributed by atoms with van der Waals surface area (Å²) in [6.07, 6.45) is 8.70. The van der Waals surface area contributed by atoms with E-state index < -0.39 is 0 Å². The van der Waals surface area contributed by atoms with Gasteiger partial charge in [0.15, 0.2) is 0 Å². The van der Waals surface area contributed by atoms with Crippen molar-refractivity contribution in [1.29, 1.82) is 0 Å². The Kier molecular flexibility index (Phi) is 4.19. The van der Waals surface area contributed by atoms with Crippen LogP contribution < -0.4 is 5.32 Å². The molecule has 0 aliphatic heterocycles. The Bertz CT molecular complexity index is 336. The lowest BCUT2D eigenvalue weighted by Gasteiger charge is -2.34. The zero-order valence-electron chi connectivity index (χ0n) is 9.75. The minimum atomic E-state index is 0.582. The molecule has 1 heterocycles. The van der Waals surface area contributed by atoms with E-state index in [-0.39, 0.29) is 0 Å². The van der Waals surface area contributed by atoms with Crippen LogP contribution in [0.2, 0.25) is 5.02 Å². The number of likely N-dealkylation sites (N-methyl/N-ethyl adjacent to an activating group) is 1. The van der Waals surface area contributed by atoms with E-state index in [9.17, 15) is 0 Å². The van der Waals surface area contributed by atoms with Crippen LogP contribution in [0.4, 0.5) is 0 Å². The van der Waals surface area contributed by atoms with Gasteiger partial charge in [0.2, 0.25) is 0 Å². The van der Waals surface area contributed by atoms with Gasteiger partial charge < -0.3 is 5.32 Å². The van der Waals surface area contributed by atoms with Gasteiger partial charge in [-0.3, -0.25) is 4.98 Å². The standard InChI is InChI=1S/C13H19ClN2/c1-2-16-13(10-4-3-5-10)8-11-6-7-15-9-12(11)14/h6-7,9-10,13,16H,2-5,8H2,1H3. The molecule has 2 rings (SSSR count). The Morgan fingerprint density at radius 3 is 2.94 bits per heavy atom. The molecule has 16 heavy (non-hydrogen) atoms. The van der Waals surface area contributed by atoms with Crippen molar-refractivity contribution in [1.82, 2.24) is 10.3 Å². The molecule has 0 amide bonds. The number of pyridine rings is 1. The maximum Gasteiger partial charge on any atom is 0.0621 e. The van der Waals surface area contributed by atoms with E-state index in [2.05, 4.69) is 17.2 Å². The van der Waals surface area contributed by atoms with Gasteiger partial charge in [0.25, 0.3) is 0 Å². The molecule has 1 atom stereocenters. The number of hydrogen-bond donors (Lipinski definition) is 1. The van der Waals surface area contributed by atoms with Gasteiger partial charge in [-0.15, -0.1) is 0 Å². The van der Waals surface area contributed by atoms with Gasteiger partial charge in [-0.25, -0.2) is 0 Å². The summed E-state index contributed by atoms with van der Waals surface area (Å²) in [6.45, 7) is 3.20. The summed E-state index contributed by atoms with van der Waals surface area (Å²) in [6, 6.07) is 2.62. The molecule has 2 nitrogen and oxygen atoms in total. The van der Waals surface area contributed by atoms with Gasteiger partial charge >= 0.3 is 0 Å². The van der Waals surface area contributed by atoms with Gasteiger partial charge in [-0.2, -0.15) is 0 Å². The molecule has 1 aromatic heterocycles. The first-order chi connectivity index (χ1) is 7.81. The molecule has 0 aromatic carbocycles. The molecule has 0 spiro atoms. The van der Waals surface area contributed by atoms with Gasteiger partial charge in [0, 0.05) is 18.4 Å². The van der Waals surface area contributed by atoms with E-state index in [1.54, 1.807) is 6.20 Å². The zero-order valence-corrected chi connectivity index (χ0v) is 10.5. The predicted octanol–water partition coefficient (Wildman–Crippen LogP) is 3.06. The van der Waals surface area contributed by atoms with Crippen molar-refractivity contribution in [3.8, 4) is 0 Å². The Hall–Kier alpha value is -0.600. The molecular weight excluding hydrogens is 220 g/mol. The van der Waals surface area contributed by atoms with Crippen LogP contribution in [0, 0.1) is 5.92 Å². The summed E-state index contributed by atoms with van der Waals surface area (Å²) in [4.78, 5) is 4.02. The van der Waals surface area contributed by atoms with Gasteiger partial charge in [0.05, 0.1) is 5.02 Å². The highest BCUT2D eigenvalue weighted by Crippen LogP contribution is 2.31. The van der Waals surface area contributed by atoms with Crippen LogP contribution >= 0.6 is 11.6 Å². The van der Waals surface area contributed by atoms with Crippen LogP contribution in [-0.4, -0.2) is 17.6 Å². The molecule has 3 heteroatoms. The van der Waals surface area contributed by atoms with E-state index in [0.717, 1.165) is 23.9 Å². The summed E-state index contributed by atoms with van der Waals surface area (Å²) >= 11 is 6.14. The Balaban J connectivity index is 2.01. The average molecular weight is 239 g/mol. The quantitative estimate of drug-likeness (QED) is 0.853. The lowest BCUT2D eigenvalue weighted by atomic mass is 9.77. The summed E-state index contributed by atoms with van der Waals surface area (Å²) in [5.41, 5.74) is 1.22. The number of hydrogen-bond acceptors (Lipinski definition) is 2. The second-order valence-electron chi connectivity index (χ2n) is 4.53. The lowest BCUT2D eigenvalue weighted by molar-refractivity contribution is 0.229. The highest BCUT2D eigenvalue weighted by Gasteiger charge is 2.26. The van der Waals surface area contributed by atoms with Crippen LogP contribution in [0.25, 0.3) is 0 Å². The molecule has 0 bridgehead atoms. The molecule has 88 valence electrons. The molecule has 1 aliphatic carbocycles. The SMILES string of the molecule is CCNC(Cc1ccncc1Cl)C1CCC1. The first-order valence-corrected chi connectivity index (χ1v) is 6.50. The summed E-state index contributed by atoms with van der Waals surface area (Å²) in [5, 5.41) is 4.38. The number of nitrogens with zero attached hydrogens (tertiary/aromatic N) is 1. The number of nitrogens with one attached hydrogen (secondary N) is 1. The van der Waals surface area contributed by atoms with Crippen LogP contribution in [0.3, 0.4) is 0 Å². The fourth-order valence-electron chi connectivity index (χ4n) is 2.32. The third-order valence-corrected chi connectivity index (χ3v) is 3.82. The summed E-state index contributed by atoms with van der Waals surface area (Å²) in [5.74, 6) is 0.837. The van der Waals surface area contributed by atoms with Gasteiger partial charge in [-0.1, -0.05) is 24.9 Å². The smallest absolute Gasteiger partial charge is 0.0621 e. The minimum Gasteiger partial charge on any atom is -0.314 e. The topological polar surface area (TPSA) is 24.9 Å². The van der Waals surface area contributed by atoms with Crippen LogP contribution in [-0.2, 0) is 6.42 Å². The second kappa shape index (κ2) is 5.65. The number of halogens is 1. The maximum absolute atomic E-state index is 6.14.